The molecular weight excluding hydrogens is 346 g/mol. The van der Waals surface area contributed by atoms with Crippen molar-refractivity contribution >= 4 is 22.8 Å². The average molecular weight is 364 g/mol. The smallest absolute Gasteiger partial charge is 0.262 e. The molecule has 0 spiro atoms. The summed E-state index contributed by atoms with van der Waals surface area (Å²) in [5.41, 5.74) is 0.869. The molecule has 1 atom stereocenters. The fourth-order valence-corrected chi connectivity index (χ4v) is 2.88. The molecule has 0 aliphatic carbocycles. The Morgan fingerprint density at radius 3 is 2.52 bits per heavy atom. The van der Waals surface area contributed by atoms with Crippen molar-refractivity contribution in [3.8, 4) is 0 Å². The molecule has 0 aliphatic heterocycles. The fraction of sp³-hybridized carbons (Fsp3) is 0.200. The van der Waals surface area contributed by atoms with Gasteiger partial charge in [0.15, 0.2) is 0 Å². The molecule has 0 unspecified atom stereocenters. The van der Waals surface area contributed by atoms with Crippen molar-refractivity contribution in [2.24, 2.45) is 0 Å². The summed E-state index contributed by atoms with van der Waals surface area (Å²) >= 11 is 0. The van der Waals surface area contributed by atoms with E-state index in [0.29, 0.717) is 16.5 Å². The maximum Gasteiger partial charge on any atom is 0.262 e. The number of hydrogen-bond acceptors (Lipinski definition) is 5. The van der Waals surface area contributed by atoms with Crippen LogP contribution in [0.25, 0.3) is 10.9 Å². The molecule has 3 aromatic rings. The first-order chi connectivity index (χ1) is 13.1. The lowest BCUT2D eigenvalue weighted by molar-refractivity contribution is -0.305. The summed E-state index contributed by atoms with van der Waals surface area (Å²) in [6, 6.07) is 14.9. The number of nitrogens with one attached hydrogen (secondary N) is 1. The van der Waals surface area contributed by atoms with E-state index in [4.69, 9.17) is 0 Å². The first kappa shape index (κ1) is 18.3. The van der Waals surface area contributed by atoms with Gasteiger partial charge in [0, 0.05) is 12.5 Å². The summed E-state index contributed by atoms with van der Waals surface area (Å²) < 4.78 is 1.30. The Kier molecular flexibility index (Phi) is 5.61. The predicted molar refractivity (Wildman–Crippen MR) is 97.8 cm³/mol. The number of carboxylic acids is 1. The van der Waals surface area contributed by atoms with Crippen LogP contribution in [0.3, 0.4) is 0 Å². The SMILES string of the molecule is O=C([O-])CCCNC(=O)[C@H](c1ccccc1)n1cnc2ccccc2c1=O. The number of carbonyl (C=O) groups is 2. The van der Waals surface area contributed by atoms with Gasteiger partial charge in [0.25, 0.3) is 5.56 Å². The molecule has 2 aromatic carbocycles. The number of para-hydroxylation sites is 1. The molecule has 0 bridgehead atoms. The van der Waals surface area contributed by atoms with Gasteiger partial charge in [-0.25, -0.2) is 4.98 Å². The summed E-state index contributed by atoms with van der Waals surface area (Å²) in [5, 5.41) is 13.6. The quantitative estimate of drug-likeness (QED) is 0.619. The lowest BCUT2D eigenvalue weighted by Gasteiger charge is -2.20. The van der Waals surface area contributed by atoms with Gasteiger partial charge in [-0.05, 0) is 30.5 Å². The number of hydrogen-bond donors (Lipinski definition) is 1. The third kappa shape index (κ3) is 4.20. The molecule has 0 saturated heterocycles. The van der Waals surface area contributed by atoms with Gasteiger partial charge in [-0.3, -0.25) is 14.2 Å². The molecule has 27 heavy (non-hydrogen) atoms. The molecule has 1 aromatic heterocycles. The fourth-order valence-electron chi connectivity index (χ4n) is 2.88. The molecule has 3 rings (SSSR count). The van der Waals surface area contributed by atoms with Crippen molar-refractivity contribution in [3.63, 3.8) is 0 Å². The van der Waals surface area contributed by atoms with Crippen LogP contribution in [-0.2, 0) is 9.59 Å². The highest BCUT2D eigenvalue weighted by Crippen LogP contribution is 2.18. The molecule has 0 aliphatic rings. The van der Waals surface area contributed by atoms with E-state index in [0.717, 1.165) is 0 Å². The number of rotatable bonds is 7. The standard InChI is InChI=1S/C20H19N3O4/c24-17(25)11-6-12-21-19(26)18(14-7-2-1-3-8-14)23-13-22-16-10-5-4-9-15(16)20(23)27/h1-5,7-10,13,18H,6,11-12H2,(H,21,26)(H,24,25)/p-1/t18-/m0/s1. The van der Waals surface area contributed by atoms with Crippen LogP contribution in [0, 0.1) is 0 Å². The zero-order valence-electron chi connectivity index (χ0n) is 14.5. The number of carbonyl (C=O) groups excluding carboxylic acids is 2. The number of nitrogens with zero attached hydrogens (tertiary/aromatic N) is 2. The molecule has 1 N–H and O–H groups in total. The van der Waals surface area contributed by atoms with Crippen LogP contribution in [0.4, 0.5) is 0 Å². The number of fused-ring (bicyclic) bond motifs is 1. The minimum absolute atomic E-state index is 0.145. The Balaban J connectivity index is 1.96. The van der Waals surface area contributed by atoms with Crippen LogP contribution in [0.2, 0.25) is 0 Å². The normalized spacial score (nSPS) is 11.9. The van der Waals surface area contributed by atoms with E-state index in [2.05, 4.69) is 10.3 Å². The predicted octanol–water partition coefficient (Wildman–Crippen LogP) is 0.632. The van der Waals surface area contributed by atoms with Crippen LogP contribution in [0.1, 0.15) is 24.4 Å². The van der Waals surface area contributed by atoms with Crippen molar-refractivity contribution in [2.45, 2.75) is 18.9 Å². The lowest BCUT2D eigenvalue weighted by atomic mass is 10.1. The minimum Gasteiger partial charge on any atom is -0.550 e. The Hall–Kier alpha value is -3.48. The van der Waals surface area contributed by atoms with Crippen LogP contribution >= 0.6 is 0 Å². The van der Waals surface area contributed by atoms with Gasteiger partial charge in [0.05, 0.1) is 17.2 Å². The molecule has 7 nitrogen and oxygen atoms in total. The molecular formula is C20H18N3O4-. The maximum absolute atomic E-state index is 12.9. The van der Waals surface area contributed by atoms with Gasteiger partial charge >= 0.3 is 0 Å². The van der Waals surface area contributed by atoms with E-state index in [1.807, 2.05) is 6.07 Å². The average Bonchev–Trinajstić information content (AvgIpc) is 2.68. The van der Waals surface area contributed by atoms with Gasteiger partial charge < -0.3 is 15.2 Å². The summed E-state index contributed by atoms with van der Waals surface area (Å²) in [4.78, 5) is 40.5. The van der Waals surface area contributed by atoms with Crippen molar-refractivity contribution in [2.75, 3.05) is 6.54 Å². The van der Waals surface area contributed by atoms with Gasteiger partial charge in [0.1, 0.15) is 6.04 Å². The molecule has 7 heteroatoms. The Bertz CT molecular complexity index is 1010. The first-order valence-corrected chi connectivity index (χ1v) is 8.56. The molecule has 1 heterocycles. The van der Waals surface area contributed by atoms with Crippen molar-refractivity contribution in [1.29, 1.82) is 0 Å². The van der Waals surface area contributed by atoms with E-state index < -0.39 is 17.9 Å². The van der Waals surface area contributed by atoms with E-state index in [9.17, 15) is 19.5 Å². The van der Waals surface area contributed by atoms with Crippen molar-refractivity contribution in [1.82, 2.24) is 14.9 Å². The van der Waals surface area contributed by atoms with Crippen molar-refractivity contribution < 1.29 is 14.7 Å². The highest BCUT2D eigenvalue weighted by atomic mass is 16.4. The number of amides is 1. The second-order valence-corrected chi connectivity index (χ2v) is 6.05. The third-order valence-electron chi connectivity index (χ3n) is 4.19. The number of carboxylic acid groups (broad SMARTS) is 1. The Morgan fingerprint density at radius 2 is 1.78 bits per heavy atom. The van der Waals surface area contributed by atoms with Gasteiger partial charge in [0.2, 0.25) is 5.91 Å². The van der Waals surface area contributed by atoms with Crippen LogP contribution in [0.5, 0.6) is 0 Å². The topological polar surface area (TPSA) is 104 Å². The first-order valence-electron chi connectivity index (χ1n) is 8.56. The van der Waals surface area contributed by atoms with Gasteiger partial charge in [-0.2, -0.15) is 0 Å². The van der Waals surface area contributed by atoms with Crippen molar-refractivity contribution in [3.05, 3.63) is 76.8 Å². The molecule has 1 amide bonds. The largest absolute Gasteiger partial charge is 0.550 e. The second kappa shape index (κ2) is 8.27. The Morgan fingerprint density at radius 1 is 1.07 bits per heavy atom. The number of benzene rings is 2. The summed E-state index contributed by atoms with van der Waals surface area (Å²) in [7, 11) is 0. The van der Waals surface area contributed by atoms with E-state index >= 15 is 0 Å². The molecule has 0 fully saturated rings. The monoisotopic (exact) mass is 364 g/mol. The van der Waals surface area contributed by atoms with Crippen LogP contribution < -0.4 is 16.0 Å². The highest BCUT2D eigenvalue weighted by Gasteiger charge is 2.24. The summed E-state index contributed by atoms with van der Waals surface area (Å²) in [5.74, 6) is -1.57. The summed E-state index contributed by atoms with van der Waals surface area (Å²) in [6.07, 6.45) is 1.47. The molecule has 0 radical (unpaired) electrons. The molecule has 0 saturated carbocycles. The second-order valence-electron chi connectivity index (χ2n) is 6.05. The van der Waals surface area contributed by atoms with E-state index in [-0.39, 0.29) is 24.9 Å². The van der Waals surface area contributed by atoms with Gasteiger partial charge in [-0.1, -0.05) is 42.5 Å². The lowest BCUT2D eigenvalue weighted by Crippen LogP contribution is -2.38. The third-order valence-corrected chi connectivity index (χ3v) is 4.19. The minimum atomic E-state index is -1.17. The molecule has 138 valence electrons. The Labute approximate surface area is 155 Å². The zero-order chi connectivity index (χ0) is 19.2. The van der Waals surface area contributed by atoms with Gasteiger partial charge in [-0.15, -0.1) is 0 Å². The number of aliphatic carboxylic acids is 1. The number of aromatic nitrogens is 2. The van der Waals surface area contributed by atoms with Crippen LogP contribution in [-0.4, -0.2) is 28.0 Å². The van der Waals surface area contributed by atoms with E-state index in [1.54, 1.807) is 48.5 Å². The maximum atomic E-state index is 12.9. The van der Waals surface area contributed by atoms with E-state index in [1.165, 1.54) is 10.9 Å². The zero-order valence-corrected chi connectivity index (χ0v) is 14.5. The summed E-state index contributed by atoms with van der Waals surface area (Å²) in [6.45, 7) is 0.173. The highest BCUT2D eigenvalue weighted by molar-refractivity contribution is 5.84. The van der Waals surface area contributed by atoms with Crippen LogP contribution in [0.15, 0.2) is 65.7 Å².